The lowest BCUT2D eigenvalue weighted by Crippen LogP contribution is -2.20. The summed E-state index contributed by atoms with van der Waals surface area (Å²) < 4.78 is 6.27. The van der Waals surface area contributed by atoms with Crippen LogP contribution >= 0.6 is 15.9 Å². The lowest BCUT2D eigenvalue weighted by molar-refractivity contribution is 0.415. The molecule has 16 heavy (non-hydrogen) atoms. The molecule has 1 fully saturated rings. The van der Waals surface area contributed by atoms with Crippen molar-refractivity contribution in [3.05, 3.63) is 22.7 Å². The average Bonchev–Trinajstić information content (AvgIpc) is 2.67. The molecular formula is C12H17BrN2O. The fraction of sp³-hybridized carbons (Fsp3) is 0.500. The predicted octanol–water partition coefficient (Wildman–Crippen LogP) is 2.75. The van der Waals surface area contributed by atoms with E-state index in [0.29, 0.717) is 12.1 Å². The first-order valence-electron chi connectivity index (χ1n) is 5.54. The normalized spacial score (nSPS) is 24.4. The largest absolute Gasteiger partial charge is 0.497 e. The van der Waals surface area contributed by atoms with E-state index in [1.807, 2.05) is 18.2 Å². The monoisotopic (exact) mass is 284 g/mol. The molecule has 3 N–H and O–H groups in total. The lowest BCUT2D eigenvalue weighted by atomic mass is 10.2. The Morgan fingerprint density at radius 1 is 1.44 bits per heavy atom. The zero-order valence-corrected chi connectivity index (χ0v) is 11.0. The summed E-state index contributed by atoms with van der Waals surface area (Å²) in [6, 6.07) is 6.78. The summed E-state index contributed by atoms with van der Waals surface area (Å²) in [5.74, 6) is 0.869. The van der Waals surface area contributed by atoms with Crippen molar-refractivity contribution in [1.82, 2.24) is 0 Å². The third-order valence-electron chi connectivity index (χ3n) is 3.01. The highest BCUT2D eigenvalue weighted by molar-refractivity contribution is 9.10. The highest BCUT2D eigenvalue weighted by Gasteiger charge is 2.21. The van der Waals surface area contributed by atoms with Gasteiger partial charge < -0.3 is 15.8 Å². The quantitative estimate of drug-likeness (QED) is 0.897. The van der Waals surface area contributed by atoms with E-state index in [-0.39, 0.29) is 0 Å². The van der Waals surface area contributed by atoms with Crippen molar-refractivity contribution < 1.29 is 4.74 Å². The maximum absolute atomic E-state index is 5.90. The van der Waals surface area contributed by atoms with Gasteiger partial charge in [-0.15, -0.1) is 0 Å². The summed E-state index contributed by atoms with van der Waals surface area (Å²) in [4.78, 5) is 0. The summed E-state index contributed by atoms with van der Waals surface area (Å²) in [6.45, 7) is 0. The van der Waals surface area contributed by atoms with Gasteiger partial charge in [0.2, 0.25) is 0 Å². The van der Waals surface area contributed by atoms with Gasteiger partial charge in [0, 0.05) is 22.6 Å². The number of anilines is 1. The predicted molar refractivity (Wildman–Crippen MR) is 69.9 cm³/mol. The van der Waals surface area contributed by atoms with E-state index in [4.69, 9.17) is 10.5 Å². The Morgan fingerprint density at radius 2 is 2.25 bits per heavy atom. The van der Waals surface area contributed by atoms with Crippen LogP contribution in [-0.4, -0.2) is 19.2 Å². The first-order valence-corrected chi connectivity index (χ1v) is 6.34. The molecule has 3 nitrogen and oxygen atoms in total. The number of benzene rings is 1. The number of hydrogen-bond donors (Lipinski definition) is 2. The number of nitrogens with one attached hydrogen (secondary N) is 1. The van der Waals surface area contributed by atoms with Crippen LogP contribution in [0.3, 0.4) is 0 Å². The standard InChI is InChI=1S/C12H17BrN2O/c1-16-10-4-5-11(13)12(7-10)15-9-3-2-8(14)6-9/h4-5,7-9,15H,2-3,6,14H2,1H3. The highest BCUT2D eigenvalue weighted by atomic mass is 79.9. The number of halogens is 1. The Balaban J connectivity index is 2.08. The number of nitrogens with two attached hydrogens (primary N) is 1. The molecule has 2 atom stereocenters. The SMILES string of the molecule is COc1ccc(Br)c(NC2CCC(N)C2)c1. The molecule has 2 unspecified atom stereocenters. The van der Waals surface area contributed by atoms with Crippen molar-refractivity contribution in [3.63, 3.8) is 0 Å². The van der Waals surface area contributed by atoms with Gasteiger partial charge in [0.05, 0.1) is 12.8 Å². The summed E-state index contributed by atoms with van der Waals surface area (Å²) >= 11 is 3.53. The molecule has 88 valence electrons. The summed E-state index contributed by atoms with van der Waals surface area (Å²) in [5.41, 5.74) is 6.98. The molecule has 2 rings (SSSR count). The molecule has 1 aromatic rings. The van der Waals surface area contributed by atoms with Crippen molar-refractivity contribution in [2.24, 2.45) is 5.73 Å². The molecule has 1 saturated carbocycles. The van der Waals surface area contributed by atoms with Crippen LogP contribution in [0.5, 0.6) is 5.75 Å². The summed E-state index contributed by atoms with van der Waals surface area (Å²) in [6.07, 6.45) is 3.30. The van der Waals surface area contributed by atoms with E-state index >= 15 is 0 Å². The van der Waals surface area contributed by atoms with Crippen molar-refractivity contribution in [1.29, 1.82) is 0 Å². The van der Waals surface area contributed by atoms with Crippen LogP contribution in [0.4, 0.5) is 5.69 Å². The van der Waals surface area contributed by atoms with Crippen LogP contribution < -0.4 is 15.8 Å². The molecule has 1 aliphatic rings. The molecule has 0 aliphatic heterocycles. The average molecular weight is 285 g/mol. The topological polar surface area (TPSA) is 47.3 Å². The molecule has 4 heteroatoms. The Labute approximate surface area is 104 Å². The van der Waals surface area contributed by atoms with Crippen LogP contribution in [0.2, 0.25) is 0 Å². The van der Waals surface area contributed by atoms with Gasteiger partial charge >= 0.3 is 0 Å². The Hall–Kier alpha value is -0.740. The van der Waals surface area contributed by atoms with Gasteiger partial charge in [-0.3, -0.25) is 0 Å². The summed E-state index contributed by atoms with van der Waals surface area (Å²) in [5, 5.41) is 3.51. The van der Waals surface area contributed by atoms with Crippen LogP contribution in [0.1, 0.15) is 19.3 Å². The summed E-state index contributed by atoms with van der Waals surface area (Å²) in [7, 11) is 1.68. The second-order valence-corrected chi connectivity index (χ2v) is 5.11. The zero-order valence-electron chi connectivity index (χ0n) is 9.37. The molecule has 0 spiro atoms. The Bertz CT molecular complexity index is 370. The lowest BCUT2D eigenvalue weighted by Gasteiger charge is -2.16. The highest BCUT2D eigenvalue weighted by Crippen LogP contribution is 2.30. The van der Waals surface area contributed by atoms with Gasteiger partial charge in [0.15, 0.2) is 0 Å². The Kier molecular flexibility index (Phi) is 3.71. The van der Waals surface area contributed by atoms with Crippen molar-refractivity contribution in [2.45, 2.75) is 31.3 Å². The smallest absolute Gasteiger partial charge is 0.121 e. The minimum absolute atomic E-state index is 0.349. The Morgan fingerprint density at radius 3 is 2.88 bits per heavy atom. The van der Waals surface area contributed by atoms with E-state index in [9.17, 15) is 0 Å². The van der Waals surface area contributed by atoms with Gasteiger partial charge in [-0.25, -0.2) is 0 Å². The molecule has 0 radical (unpaired) electrons. The molecule has 0 heterocycles. The third-order valence-corrected chi connectivity index (χ3v) is 3.70. The molecule has 1 aromatic carbocycles. The first kappa shape index (κ1) is 11.7. The van der Waals surface area contributed by atoms with Gasteiger partial charge in [-0.1, -0.05) is 0 Å². The maximum Gasteiger partial charge on any atom is 0.121 e. The zero-order chi connectivity index (χ0) is 11.5. The van der Waals surface area contributed by atoms with E-state index in [0.717, 1.165) is 35.2 Å². The maximum atomic E-state index is 5.90. The number of ether oxygens (including phenoxy) is 1. The van der Waals surface area contributed by atoms with Crippen molar-refractivity contribution in [2.75, 3.05) is 12.4 Å². The first-order chi connectivity index (χ1) is 7.69. The van der Waals surface area contributed by atoms with Crippen molar-refractivity contribution >= 4 is 21.6 Å². The number of hydrogen-bond acceptors (Lipinski definition) is 3. The van der Waals surface area contributed by atoms with Crippen LogP contribution in [-0.2, 0) is 0 Å². The van der Waals surface area contributed by atoms with Gasteiger partial charge in [-0.2, -0.15) is 0 Å². The molecule has 1 aliphatic carbocycles. The second kappa shape index (κ2) is 5.06. The minimum Gasteiger partial charge on any atom is -0.497 e. The minimum atomic E-state index is 0.349. The van der Waals surface area contributed by atoms with Gasteiger partial charge in [0.1, 0.15) is 5.75 Å². The molecule has 0 saturated heterocycles. The van der Waals surface area contributed by atoms with Crippen molar-refractivity contribution in [3.8, 4) is 5.75 Å². The second-order valence-electron chi connectivity index (χ2n) is 4.26. The molecule has 0 amide bonds. The van der Waals surface area contributed by atoms with Gasteiger partial charge in [0.25, 0.3) is 0 Å². The van der Waals surface area contributed by atoms with E-state index in [2.05, 4.69) is 21.2 Å². The van der Waals surface area contributed by atoms with Crippen LogP contribution in [0.15, 0.2) is 22.7 Å². The van der Waals surface area contributed by atoms with Crippen LogP contribution in [0.25, 0.3) is 0 Å². The van der Waals surface area contributed by atoms with E-state index < -0.39 is 0 Å². The van der Waals surface area contributed by atoms with Gasteiger partial charge in [-0.05, 0) is 47.3 Å². The van der Waals surface area contributed by atoms with E-state index in [1.54, 1.807) is 7.11 Å². The van der Waals surface area contributed by atoms with E-state index in [1.165, 1.54) is 0 Å². The molecular weight excluding hydrogens is 268 g/mol. The number of methoxy groups -OCH3 is 1. The fourth-order valence-electron chi connectivity index (χ4n) is 2.11. The van der Waals surface area contributed by atoms with Crippen LogP contribution in [0, 0.1) is 0 Å². The molecule has 0 bridgehead atoms. The number of rotatable bonds is 3. The fourth-order valence-corrected chi connectivity index (χ4v) is 2.47. The molecule has 0 aromatic heterocycles. The third kappa shape index (κ3) is 2.68.